The number of nitrogens with one attached hydrogen (secondary N) is 1. The average molecular weight is 249 g/mol. The van der Waals surface area contributed by atoms with Crippen molar-refractivity contribution in [2.24, 2.45) is 5.73 Å². The molecule has 100 valence electrons. The summed E-state index contributed by atoms with van der Waals surface area (Å²) in [5.41, 5.74) is 8.13. The Balaban J connectivity index is 2.41. The number of amides is 1. The van der Waals surface area contributed by atoms with Crippen molar-refractivity contribution in [3.05, 3.63) is 34.9 Å². The van der Waals surface area contributed by atoms with Crippen molar-refractivity contribution in [3.8, 4) is 0 Å². The zero-order chi connectivity index (χ0) is 13.5. The summed E-state index contributed by atoms with van der Waals surface area (Å²) in [6, 6.07) is 5.60. The number of benzene rings is 1. The van der Waals surface area contributed by atoms with Crippen molar-refractivity contribution in [2.45, 2.75) is 19.9 Å². The van der Waals surface area contributed by atoms with Crippen LogP contribution >= 0.6 is 0 Å². The summed E-state index contributed by atoms with van der Waals surface area (Å²) in [5.74, 6) is -0.372. The van der Waals surface area contributed by atoms with Gasteiger partial charge in [0.05, 0.1) is 0 Å². The zero-order valence-corrected chi connectivity index (χ0v) is 11.5. The quantitative estimate of drug-likeness (QED) is 0.712. The van der Waals surface area contributed by atoms with Gasteiger partial charge in [0.15, 0.2) is 0 Å². The van der Waals surface area contributed by atoms with Crippen molar-refractivity contribution >= 4 is 5.91 Å². The molecule has 0 aliphatic carbocycles. The fourth-order valence-corrected chi connectivity index (χ4v) is 1.79. The second-order valence-corrected chi connectivity index (χ2v) is 4.84. The van der Waals surface area contributed by atoms with E-state index in [9.17, 15) is 4.79 Å². The van der Waals surface area contributed by atoms with Crippen LogP contribution in [0.2, 0.25) is 0 Å². The summed E-state index contributed by atoms with van der Waals surface area (Å²) in [4.78, 5) is 13.2. The van der Waals surface area contributed by atoms with Gasteiger partial charge in [-0.1, -0.05) is 6.07 Å². The lowest BCUT2D eigenvalue weighted by Crippen LogP contribution is -2.21. The number of carbonyl (C=O) groups excluding carboxylic acids is 1. The van der Waals surface area contributed by atoms with E-state index in [0.717, 1.165) is 31.6 Å². The van der Waals surface area contributed by atoms with Gasteiger partial charge in [0.2, 0.25) is 5.91 Å². The van der Waals surface area contributed by atoms with E-state index in [1.54, 1.807) is 6.07 Å². The first kappa shape index (κ1) is 14.7. The minimum atomic E-state index is -0.372. The van der Waals surface area contributed by atoms with E-state index in [1.165, 1.54) is 5.56 Å². The molecule has 0 spiro atoms. The van der Waals surface area contributed by atoms with Crippen LogP contribution in [-0.4, -0.2) is 38.0 Å². The Labute approximate surface area is 109 Å². The van der Waals surface area contributed by atoms with Crippen molar-refractivity contribution in [1.82, 2.24) is 10.2 Å². The Morgan fingerprint density at radius 1 is 1.39 bits per heavy atom. The van der Waals surface area contributed by atoms with E-state index in [-0.39, 0.29) is 5.91 Å². The topological polar surface area (TPSA) is 58.4 Å². The maximum absolute atomic E-state index is 11.0. The highest BCUT2D eigenvalue weighted by molar-refractivity contribution is 5.93. The van der Waals surface area contributed by atoms with Crippen LogP contribution in [0, 0.1) is 6.92 Å². The summed E-state index contributed by atoms with van der Waals surface area (Å²) in [6.45, 7) is 4.92. The van der Waals surface area contributed by atoms with Crippen molar-refractivity contribution in [2.75, 3.05) is 27.2 Å². The van der Waals surface area contributed by atoms with Crippen LogP contribution in [0.1, 0.15) is 27.9 Å². The number of nitrogens with zero attached hydrogens (tertiary/aromatic N) is 1. The molecular formula is C14H23N3O. The van der Waals surface area contributed by atoms with Crippen LogP contribution in [0.5, 0.6) is 0 Å². The van der Waals surface area contributed by atoms with Crippen molar-refractivity contribution in [3.63, 3.8) is 0 Å². The minimum absolute atomic E-state index is 0.372. The summed E-state index contributed by atoms with van der Waals surface area (Å²) in [7, 11) is 4.15. The lowest BCUT2D eigenvalue weighted by Gasteiger charge is -2.11. The fourth-order valence-electron chi connectivity index (χ4n) is 1.79. The molecule has 3 N–H and O–H groups in total. The monoisotopic (exact) mass is 249 g/mol. The molecule has 0 aliphatic heterocycles. The van der Waals surface area contributed by atoms with Crippen molar-refractivity contribution < 1.29 is 4.79 Å². The molecule has 4 heteroatoms. The first-order chi connectivity index (χ1) is 8.50. The molecule has 4 nitrogen and oxygen atoms in total. The largest absolute Gasteiger partial charge is 0.366 e. The number of rotatable bonds is 7. The Morgan fingerprint density at radius 2 is 2.11 bits per heavy atom. The third kappa shape index (κ3) is 4.85. The Bertz CT molecular complexity index is 402. The predicted octanol–water partition coefficient (Wildman–Crippen LogP) is 1.14. The van der Waals surface area contributed by atoms with Gasteiger partial charge in [-0.2, -0.15) is 0 Å². The third-order valence-electron chi connectivity index (χ3n) is 2.90. The number of hydrogen-bond donors (Lipinski definition) is 2. The number of carbonyl (C=O) groups is 1. The summed E-state index contributed by atoms with van der Waals surface area (Å²) in [5, 5.41) is 3.40. The number of primary amides is 1. The van der Waals surface area contributed by atoms with Crippen LogP contribution in [0.25, 0.3) is 0 Å². The summed E-state index contributed by atoms with van der Waals surface area (Å²) >= 11 is 0. The first-order valence-electron chi connectivity index (χ1n) is 6.25. The maximum atomic E-state index is 11.0. The highest BCUT2D eigenvalue weighted by Gasteiger charge is 2.03. The predicted molar refractivity (Wildman–Crippen MR) is 74.6 cm³/mol. The van der Waals surface area contributed by atoms with Crippen LogP contribution in [-0.2, 0) is 6.54 Å². The van der Waals surface area contributed by atoms with E-state index in [2.05, 4.69) is 24.3 Å². The normalized spacial score (nSPS) is 10.9. The molecule has 1 rings (SSSR count). The van der Waals surface area contributed by atoms with Gasteiger partial charge >= 0.3 is 0 Å². The van der Waals surface area contributed by atoms with Gasteiger partial charge in [-0.05, 0) is 63.8 Å². The molecule has 0 radical (unpaired) electrons. The summed E-state index contributed by atoms with van der Waals surface area (Å²) in [6.07, 6.45) is 1.13. The molecule has 0 fully saturated rings. The fraction of sp³-hybridized carbons (Fsp3) is 0.500. The van der Waals surface area contributed by atoms with E-state index >= 15 is 0 Å². The van der Waals surface area contributed by atoms with Gasteiger partial charge in [-0.15, -0.1) is 0 Å². The molecule has 18 heavy (non-hydrogen) atoms. The maximum Gasteiger partial charge on any atom is 0.248 e. The van der Waals surface area contributed by atoms with Gasteiger partial charge in [0.25, 0.3) is 0 Å². The number of nitrogens with two attached hydrogens (primary N) is 1. The lowest BCUT2D eigenvalue weighted by atomic mass is 10.0. The molecule has 0 atom stereocenters. The molecule has 0 saturated heterocycles. The second-order valence-electron chi connectivity index (χ2n) is 4.84. The SMILES string of the molecule is Cc1cc(C(N)=O)ccc1CNCCCN(C)C. The van der Waals surface area contributed by atoms with Crippen LogP contribution in [0.15, 0.2) is 18.2 Å². The van der Waals surface area contributed by atoms with Gasteiger partial charge in [-0.3, -0.25) is 4.79 Å². The molecule has 0 aliphatic rings. The van der Waals surface area contributed by atoms with E-state index < -0.39 is 0 Å². The van der Waals surface area contributed by atoms with E-state index in [0.29, 0.717) is 5.56 Å². The van der Waals surface area contributed by atoms with Crippen LogP contribution < -0.4 is 11.1 Å². The van der Waals surface area contributed by atoms with Gasteiger partial charge < -0.3 is 16.0 Å². The second kappa shape index (κ2) is 7.13. The average Bonchev–Trinajstić information content (AvgIpc) is 2.29. The standard InChI is InChI=1S/C14H23N3O/c1-11-9-12(14(15)18)5-6-13(11)10-16-7-4-8-17(2)3/h5-6,9,16H,4,7-8,10H2,1-3H3,(H2,15,18). The molecular weight excluding hydrogens is 226 g/mol. The smallest absolute Gasteiger partial charge is 0.248 e. The Kier molecular flexibility index (Phi) is 5.82. The number of aryl methyl sites for hydroxylation is 1. The van der Waals surface area contributed by atoms with Crippen molar-refractivity contribution in [1.29, 1.82) is 0 Å². The van der Waals surface area contributed by atoms with Crippen LogP contribution in [0.3, 0.4) is 0 Å². The van der Waals surface area contributed by atoms with Gasteiger partial charge in [0, 0.05) is 12.1 Å². The van der Waals surface area contributed by atoms with Crippen LogP contribution in [0.4, 0.5) is 0 Å². The Morgan fingerprint density at radius 3 is 2.67 bits per heavy atom. The molecule has 1 aromatic carbocycles. The first-order valence-corrected chi connectivity index (χ1v) is 6.25. The molecule has 0 bridgehead atoms. The molecule has 0 saturated carbocycles. The molecule has 1 amide bonds. The van der Waals surface area contributed by atoms with E-state index in [1.807, 2.05) is 19.1 Å². The highest BCUT2D eigenvalue weighted by Crippen LogP contribution is 2.10. The lowest BCUT2D eigenvalue weighted by molar-refractivity contribution is 0.1000. The van der Waals surface area contributed by atoms with E-state index in [4.69, 9.17) is 5.73 Å². The minimum Gasteiger partial charge on any atom is -0.366 e. The number of hydrogen-bond acceptors (Lipinski definition) is 3. The van der Waals surface area contributed by atoms with Gasteiger partial charge in [-0.25, -0.2) is 0 Å². The third-order valence-corrected chi connectivity index (χ3v) is 2.90. The molecule has 0 aromatic heterocycles. The Hall–Kier alpha value is -1.39. The van der Waals surface area contributed by atoms with Gasteiger partial charge in [0.1, 0.15) is 0 Å². The molecule has 0 heterocycles. The zero-order valence-electron chi connectivity index (χ0n) is 11.5. The highest BCUT2D eigenvalue weighted by atomic mass is 16.1. The summed E-state index contributed by atoms with van der Waals surface area (Å²) < 4.78 is 0. The molecule has 1 aromatic rings. The molecule has 0 unspecified atom stereocenters.